The highest BCUT2D eigenvalue weighted by Crippen LogP contribution is 2.26. The molecule has 0 radical (unpaired) electrons. The Morgan fingerprint density at radius 3 is 3.05 bits per heavy atom. The molecule has 2 aliphatic rings. The molecule has 20 heavy (non-hydrogen) atoms. The van der Waals surface area contributed by atoms with Gasteiger partial charge in [-0.2, -0.15) is 0 Å². The van der Waals surface area contributed by atoms with Crippen molar-refractivity contribution in [3.05, 3.63) is 30.4 Å². The molecule has 4 heteroatoms. The summed E-state index contributed by atoms with van der Waals surface area (Å²) in [6, 6.07) is 0.398. The third-order valence-electron chi connectivity index (χ3n) is 4.55. The van der Waals surface area contributed by atoms with Gasteiger partial charge in [0.25, 0.3) is 0 Å². The number of hydrogen-bond acceptors (Lipinski definition) is 2. The van der Waals surface area contributed by atoms with E-state index in [0.717, 1.165) is 44.6 Å². The first-order valence-corrected chi connectivity index (χ1v) is 7.68. The van der Waals surface area contributed by atoms with Crippen molar-refractivity contribution < 1.29 is 4.79 Å². The fourth-order valence-electron chi connectivity index (χ4n) is 3.40. The second-order valence-electron chi connectivity index (χ2n) is 5.99. The number of amides is 1. The maximum atomic E-state index is 12.4. The first-order chi connectivity index (χ1) is 9.74. The van der Waals surface area contributed by atoms with Gasteiger partial charge in [0.2, 0.25) is 5.91 Å². The summed E-state index contributed by atoms with van der Waals surface area (Å²) in [6.45, 7) is 3.79. The van der Waals surface area contributed by atoms with Crippen molar-refractivity contribution in [1.82, 2.24) is 14.5 Å². The second kappa shape index (κ2) is 5.81. The van der Waals surface area contributed by atoms with E-state index in [1.807, 2.05) is 19.3 Å². The average molecular weight is 273 g/mol. The van der Waals surface area contributed by atoms with Crippen molar-refractivity contribution in [1.29, 1.82) is 0 Å². The summed E-state index contributed by atoms with van der Waals surface area (Å²) < 4.78 is 2.22. The highest BCUT2D eigenvalue weighted by molar-refractivity contribution is 5.76. The summed E-state index contributed by atoms with van der Waals surface area (Å²) in [4.78, 5) is 18.8. The van der Waals surface area contributed by atoms with Crippen LogP contribution >= 0.6 is 0 Å². The number of carbonyl (C=O) groups is 1. The van der Waals surface area contributed by atoms with Gasteiger partial charge in [-0.25, -0.2) is 4.98 Å². The minimum absolute atomic E-state index is 0.323. The quantitative estimate of drug-likeness (QED) is 0.794. The van der Waals surface area contributed by atoms with Crippen molar-refractivity contribution in [2.75, 3.05) is 13.1 Å². The van der Waals surface area contributed by atoms with Crippen LogP contribution in [0, 0.1) is 12.8 Å². The topological polar surface area (TPSA) is 38.1 Å². The molecule has 0 N–H and O–H groups in total. The predicted molar refractivity (Wildman–Crippen MR) is 78.3 cm³/mol. The average Bonchev–Trinajstić information content (AvgIpc) is 3.10. The van der Waals surface area contributed by atoms with Gasteiger partial charge in [-0.05, 0) is 38.5 Å². The monoisotopic (exact) mass is 273 g/mol. The van der Waals surface area contributed by atoms with Crippen LogP contribution in [-0.4, -0.2) is 33.4 Å². The minimum atomic E-state index is 0.323. The zero-order chi connectivity index (χ0) is 13.9. The standard InChI is InChI=1S/C16H23N3O/c1-13-17-8-10-19(13)15-7-4-9-18(12-15)16(20)11-14-5-2-3-6-14/h2,5,8,10,14-15H,3-4,6-7,9,11-12H2,1H3/t14-,15-/m0/s1. The molecule has 108 valence electrons. The number of aryl methyl sites for hydroxylation is 1. The van der Waals surface area contributed by atoms with Crippen LogP contribution in [0.4, 0.5) is 0 Å². The Morgan fingerprint density at radius 1 is 1.45 bits per heavy atom. The number of piperidine rings is 1. The first kappa shape index (κ1) is 13.4. The molecule has 0 aromatic carbocycles. The van der Waals surface area contributed by atoms with Crippen molar-refractivity contribution in [3.63, 3.8) is 0 Å². The molecule has 2 heterocycles. The Kier molecular flexibility index (Phi) is 3.90. The molecule has 2 atom stereocenters. The number of imidazole rings is 1. The number of likely N-dealkylation sites (tertiary alicyclic amines) is 1. The Morgan fingerprint density at radius 2 is 2.35 bits per heavy atom. The van der Waals surface area contributed by atoms with Gasteiger partial charge in [0.05, 0.1) is 6.04 Å². The number of nitrogens with zero attached hydrogens (tertiary/aromatic N) is 3. The Labute approximate surface area is 120 Å². The maximum absolute atomic E-state index is 12.4. The molecule has 1 aromatic rings. The van der Waals surface area contributed by atoms with Gasteiger partial charge >= 0.3 is 0 Å². The molecule has 0 spiro atoms. The predicted octanol–water partition coefficient (Wildman–Crippen LogP) is 2.71. The van der Waals surface area contributed by atoms with Gasteiger partial charge in [-0.3, -0.25) is 4.79 Å². The molecule has 1 aliphatic heterocycles. The third kappa shape index (κ3) is 2.79. The highest BCUT2D eigenvalue weighted by atomic mass is 16.2. The number of aromatic nitrogens is 2. The summed E-state index contributed by atoms with van der Waals surface area (Å²) >= 11 is 0. The van der Waals surface area contributed by atoms with Crippen molar-refractivity contribution in [2.24, 2.45) is 5.92 Å². The van der Waals surface area contributed by atoms with Crippen LogP contribution in [0.15, 0.2) is 24.5 Å². The fourth-order valence-corrected chi connectivity index (χ4v) is 3.40. The molecule has 1 aliphatic carbocycles. The summed E-state index contributed by atoms with van der Waals surface area (Å²) in [7, 11) is 0. The van der Waals surface area contributed by atoms with Crippen molar-refractivity contribution >= 4 is 5.91 Å². The SMILES string of the molecule is Cc1nccn1[C@H]1CCCN(C(=O)C[C@H]2C=CCC2)C1. The lowest BCUT2D eigenvalue weighted by Gasteiger charge is -2.34. The van der Waals surface area contributed by atoms with E-state index in [4.69, 9.17) is 0 Å². The lowest BCUT2D eigenvalue weighted by Crippen LogP contribution is -2.41. The molecule has 1 fully saturated rings. The van der Waals surface area contributed by atoms with E-state index < -0.39 is 0 Å². The smallest absolute Gasteiger partial charge is 0.223 e. The fraction of sp³-hybridized carbons (Fsp3) is 0.625. The highest BCUT2D eigenvalue weighted by Gasteiger charge is 2.26. The molecule has 0 bridgehead atoms. The van der Waals surface area contributed by atoms with E-state index in [1.165, 1.54) is 0 Å². The van der Waals surface area contributed by atoms with E-state index in [0.29, 0.717) is 24.3 Å². The number of hydrogen-bond donors (Lipinski definition) is 0. The largest absolute Gasteiger partial charge is 0.341 e. The molecule has 0 unspecified atom stereocenters. The van der Waals surface area contributed by atoms with Gasteiger partial charge in [-0.1, -0.05) is 12.2 Å². The van der Waals surface area contributed by atoms with E-state index in [1.54, 1.807) is 0 Å². The third-order valence-corrected chi connectivity index (χ3v) is 4.55. The second-order valence-corrected chi connectivity index (χ2v) is 5.99. The van der Waals surface area contributed by atoms with Gasteiger partial charge in [0, 0.05) is 31.9 Å². The van der Waals surface area contributed by atoms with Gasteiger partial charge in [0.15, 0.2) is 0 Å². The van der Waals surface area contributed by atoms with Crippen LogP contribution in [-0.2, 0) is 4.79 Å². The van der Waals surface area contributed by atoms with Crippen LogP contribution in [0.2, 0.25) is 0 Å². The molecular weight excluding hydrogens is 250 g/mol. The maximum Gasteiger partial charge on any atom is 0.223 e. The summed E-state index contributed by atoms with van der Waals surface area (Å²) in [5.74, 6) is 1.84. The van der Waals surface area contributed by atoms with Gasteiger partial charge in [-0.15, -0.1) is 0 Å². The zero-order valence-electron chi connectivity index (χ0n) is 12.2. The molecule has 1 saturated heterocycles. The van der Waals surface area contributed by atoms with Crippen LogP contribution < -0.4 is 0 Å². The van der Waals surface area contributed by atoms with Gasteiger partial charge < -0.3 is 9.47 Å². The molecule has 1 amide bonds. The van der Waals surface area contributed by atoms with Crippen LogP contribution in [0.5, 0.6) is 0 Å². The summed E-state index contributed by atoms with van der Waals surface area (Å²) in [6.07, 6.45) is 13.5. The van der Waals surface area contributed by atoms with Gasteiger partial charge in [0.1, 0.15) is 5.82 Å². The van der Waals surface area contributed by atoms with E-state index in [-0.39, 0.29) is 0 Å². The van der Waals surface area contributed by atoms with Crippen LogP contribution in [0.1, 0.15) is 44.0 Å². The molecule has 0 saturated carbocycles. The minimum Gasteiger partial charge on any atom is -0.341 e. The van der Waals surface area contributed by atoms with E-state index in [9.17, 15) is 4.79 Å². The molecular formula is C16H23N3O. The van der Waals surface area contributed by atoms with Crippen LogP contribution in [0.3, 0.4) is 0 Å². The van der Waals surface area contributed by atoms with E-state index in [2.05, 4.69) is 26.6 Å². The molecule has 3 rings (SSSR count). The van der Waals surface area contributed by atoms with Crippen molar-refractivity contribution in [2.45, 2.75) is 45.1 Å². The van der Waals surface area contributed by atoms with Crippen LogP contribution in [0.25, 0.3) is 0 Å². The Balaban J connectivity index is 1.61. The number of carbonyl (C=O) groups excluding carboxylic acids is 1. The summed E-state index contributed by atoms with van der Waals surface area (Å²) in [5, 5.41) is 0. The number of rotatable bonds is 3. The first-order valence-electron chi connectivity index (χ1n) is 7.68. The molecule has 1 aromatic heterocycles. The Bertz CT molecular complexity index is 506. The van der Waals surface area contributed by atoms with Crippen molar-refractivity contribution in [3.8, 4) is 0 Å². The zero-order valence-corrected chi connectivity index (χ0v) is 12.2. The summed E-state index contributed by atoms with van der Waals surface area (Å²) in [5.41, 5.74) is 0. The lowest BCUT2D eigenvalue weighted by atomic mass is 10.0. The number of allylic oxidation sites excluding steroid dienone is 2. The molecule has 4 nitrogen and oxygen atoms in total. The van der Waals surface area contributed by atoms with E-state index >= 15 is 0 Å². The Hall–Kier alpha value is -1.58. The normalized spacial score (nSPS) is 26.1. The lowest BCUT2D eigenvalue weighted by molar-refractivity contribution is -0.133.